The van der Waals surface area contributed by atoms with Crippen LogP contribution in [0.4, 0.5) is 0 Å². The molecule has 4 nitrogen and oxygen atoms in total. The zero-order valence-electron chi connectivity index (χ0n) is 13.2. The predicted octanol–water partition coefficient (Wildman–Crippen LogP) is 3.55. The molecule has 114 valence electrons. The number of H-pyrrole nitrogens is 1. The summed E-state index contributed by atoms with van der Waals surface area (Å²) in [5, 5.41) is 11.2. The van der Waals surface area contributed by atoms with Crippen LogP contribution < -0.4 is 5.32 Å². The molecule has 2 N–H and O–H groups in total. The summed E-state index contributed by atoms with van der Waals surface area (Å²) in [6.45, 7) is 9.80. The van der Waals surface area contributed by atoms with E-state index in [1.165, 1.54) is 11.1 Å². The zero-order chi connectivity index (χ0) is 15.3. The van der Waals surface area contributed by atoms with E-state index in [1.807, 2.05) is 0 Å². The summed E-state index contributed by atoms with van der Waals surface area (Å²) in [4.78, 5) is 4.16. The normalized spacial score (nSPS) is 13.3. The molecule has 21 heavy (non-hydrogen) atoms. The van der Waals surface area contributed by atoms with Gasteiger partial charge in [0.2, 0.25) is 0 Å². The van der Waals surface area contributed by atoms with Crippen LogP contribution in [0.25, 0.3) is 0 Å². The van der Waals surface area contributed by atoms with Crippen LogP contribution in [-0.2, 0) is 5.41 Å². The Morgan fingerprint density at radius 1 is 1.24 bits per heavy atom. The molecule has 2 aromatic rings. The topological polar surface area (TPSA) is 53.6 Å². The van der Waals surface area contributed by atoms with Gasteiger partial charge in [0.1, 0.15) is 6.33 Å². The molecule has 1 atom stereocenters. The average molecular weight is 304 g/mol. The molecule has 0 aliphatic carbocycles. The minimum absolute atomic E-state index is 0.195. The Labute approximate surface area is 131 Å². The Kier molecular flexibility index (Phi) is 5.42. The minimum atomic E-state index is 0.195. The number of nitrogens with zero attached hydrogens (tertiary/aromatic N) is 2. The third-order valence-corrected chi connectivity index (χ3v) is 4.38. The number of thioether (sulfide) groups is 1. The summed E-state index contributed by atoms with van der Waals surface area (Å²) in [6.07, 6.45) is 1.54. The number of hydrogen-bond donors (Lipinski definition) is 2. The van der Waals surface area contributed by atoms with Crippen molar-refractivity contribution < 1.29 is 0 Å². The zero-order valence-corrected chi connectivity index (χ0v) is 14.0. The van der Waals surface area contributed by atoms with Crippen LogP contribution >= 0.6 is 11.8 Å². The van der Waals surface area contributed by atoms with Crippen LogP contribution in [0, 0.1) is 0 Å². The van der Waals surface area contributed by atoms with Crippen LogP contribution in [0.5, 0.6) is 0 Å². The first-order valence-electron chi connectivity index (χ1n) is 7.32. The van der Waals surface area contributed by atoms with E-state index < -0.39 is 0 Å². The van der Waals surface area contributed by atoms with Crippen molar-refractivity contribution in [2.75, 3.05) is 12.3 Å². The second-order valence-electron chi connectivity index (χ2n) is 6.08. The maximum atomic E-state index is 4.16. The molecule has 5 heteroatoms. The van der Waals surface area contributed by atoms with Crippen molar-refractivity contribution in [3.8, 4) is 0 Å². The van der Waals surface area contributed by atoms with Gasteiger partial charge in [0, 0.05) is 11.8 Å². The molecule has 1 aromatic heterocycles. The van der Waals surface area contributed by atoms with Gasteiger partial charge in [-0.25, -0.2) is 4.98 Å². The maximum absolute atomic E-state index is 4.16. The fourth-order valence-corrected chi connectivity index (χ4v) is 3.03. The maximum Gasteiger partial charge on any atom is 0.183 e. The van der Waals surface area contributed by atoms with Crippen LogP contribution in [0.15, 0.2) is 35.7 Å². The van der Waals surface area contributed by atoms with Crippen molar-refractivity contribution >= 4 is 11.8 Å². The number of benzene rings is 1. The fraction of sp³-hybridized carbons (Fsp3) is 0.500. The molecule has 0 aliphatic rings. The highest BCUT2D eigenvalue weighted by atomic mass is 32.2. The highest BCUT2D eigenvalue weighted by Crippen LogP contribution is 2.26. The molecule has 0 aliphatic heterocycles. The smallest absolute Gasteiger partial charge is 0.183 e. The highest BCUT2D eigenvalue weighted by Gasteiger charge is 2.16. The number of nitrogens with one attached hydrogen (secondary N) is 2. The van der Waals surface area contributed by atoms with Crippen molar-refractivity contribution in [1.29, 1.82) is 0 Å². The first kappa shape index (κ1) is 16.0. The summed E-state index contributed by atoms with van der Waals surface area (Å²) in [7, 11) is 0. The molecular weight excluding hydrogens is 280 g/mol. The highest BCUT2D eigenvalue weighted by molar-refractivity contribution is 7.99. The Bertz CT molecular complexity index is 528. The lowest BCUT2D eigenvalue weighted by Gasteiger charge is -2.22. The summed E-state index contributed by atoms with van der Waals surface area (Å²) < 4.78 is 0. The molecule has 0 fully saturated rings. The van der Waals surface area contributed by atoms with E-state index in [0.717, 1.165) is 17.5 Å². The predicted molar refractivity (Wildman–Crippen MR) is 88.7 cm³/mol. The van der Waals surface area contributed by atoms with E-state index in [4.69, 9.17) is 0 Å². The molecule has 1 heterocycles. The molecule has 0 bridgehead atoms. The number of rotatable bonds is 6. The van der Waals surface area contributed by atoms with E-state index in [2.05, 4.69) is 72.5 Å². The number of aromatic nitrogens is 3. The third kappa shape index (κ3) is 4.58. The van der Waals surface area contributed by atoms with Gasteiger partial charge in [-0.3, -0.25) is 5.10 Å². The first-order valence-corrected chi connectivity index (χ1v) is 8.31. The Hall–Kier alpha value is -1.33. The van der Waals surface area contributed by atoms with Crippen molar-refractivity contribution in [3.63, 3.8) is 0 Å². The van der Waals surface area contributed by atoms with Gasteiger partial charge >= 0.3 is 0 Å². The van der Waals surface area contributed by atoms with E-state index >= 15 is 0 Å². The number of hydrogen-bond acceptors (Lipinski definition) is 4. The second kappa shape index (κ2) is 7.09. The summed E-state index contributed by atoms with van der Waals surface area (Å²) in [5.74, 6) is 0.928. The van der Waals surface area contributed by atoms with E-state index in [0.29, 0.717) is 6.04 Å². The first-order chi connectivity index (χ1) is 10.0. The van der Waals surface area contributed by atoms with E-state index in [-0.39, 0.29) is 5.41 Å². The van der Waals surface area contributed by atoms with Crippen molar-refractivity contribution in [3.05, 3.63) is 41.7 Å². The number of aromatic amines is 1. The van der Waals surface area contributed by atoms with E-state index in [1.54, 1.807) is 18.1 Å². The van der Waals surface area contributed by atoms with Gasteiger partial charge in [-0.15, -0.1) is 0 Å². The fourth-order valence-electron chi connectivity index (χ4n) is 2.16. The molecule has 0 spiro atoms. The third-order valence-electron chi connectivity index (χ3n) is 3.41. The lowest BCUT2D eigenvalue weighted by Crippen LogP contribution is -2.23. The largest absolute Gasteiger partial charge is 0.309 e. The quantitative estimate of drug-likeness (QED) is 0.801. The van der Waals surface area contributed by atoms with Gasteiger partial charge in [0.05, 0.1) is 0 Å². The van der Waals surface area contributed by atoms with Gasteiger partial charge in [-0.05, 0) is 23.1 Å². The molecule has 0 saturated carbocycles. The lowest BCUT2D eigenvalue weighted by atomic mass is 9.86. The Morgan fingerprint density at radius 2 is 1.95 bits per heavy atom. The van der Waals surface area contributed by atoms with Crippen molar-refractivity contribution in [1.82, 2.24) is 20.5 Å². The lowest BCUT2D eigenvalue weighted by molar-refractivity contribution is 0.584. The van der Waals surface area contributed by atoms with E-state index in [9.17, 15) is 0 Å². The Morgan fingerprint density at radius 3 is 2.48 bits per heavy atom. The second-order valence-corrected chi connectivity index (χ2v) is 7.09. The van der Waals surface area contributed by atoms with Crippen LogP contribution in [0.3, 0.4) is 0 Å². The van der Waals surface area contributed by atoms with Gasteiger partial charge in [0.15, 0.2) is 5.16 Å². The summed E-state index contributed by atoms with van der Waals surface area (Å²) in [6, 6.07) is 9.25. The van der Waals surface area contributed by atoms with Gasteiger partial charge in [0.25, 0.3) is 0 Å². The average Bonchev–Trinajstić information content (AvgIpc) is 2.96. The van der Waals surface area contributed by atoms with Crippen molar-refractivity contribution in [2.45, 2.75) is 44.3 Å². The van der Waals surface area contributed by atoms with Gasteiger partial charge in [-0.2, -0.15) is 5.10 Å². The summed E-state index contributed by atoms with van der Waals surface area (Å²) >= 11 is 1.69. The van der Waals surface area contributed by atoms with Crippen LogP contribution in [0.1, 0.15) is 44.9 Å². The SMILES string of the molecule is CCNC(CSc1ncn[nH]1)c1ccc(C(C)(C)C)cc1. The summed E-state index contributed by atoms with van der Waals surface area (Å²) in [5.41, 5.74) is 2.88. The molecule has 1 aromatic carbocycles. The van der Waals surface area contributed by atoms with Gasteiger partial charge < -0.3 is 5.32 Å². The molecule has 2 rings (SSSR count). The molecular formula is C16H24N4S. The molecule has 0 saturated heterocycles. The Balaban J connectivity index is 2.06. The minimum Gasteiger partial charge on any atom is -0.309 e. The monoisotopic (exact) mass is 304 g/mol. The molecule has 0 radical (unpaired) electrons. The van der Waals surface area contributed by atoms with Crippen LogP contribution in [0.2, 0.25) is 0 Å². The molecule has 1 unspecified atom stereocenters. The van der Waals surface area contributed by atoms with Crippen molar-refractivity contribution in [2.24, 2.45) is 0 Å². The van der Waals surface area contributed by atoms with Crippen LogP contribution in [-0.4, -0.2) is 27.5 Å². The molecule has 0 amide bonds. The van der Waals surface area contributed by atoms with Gasteiger partial charge in [-0.1, -0.05) is 63.7 Å². The standard InChI is InChI=1S/C16H24N4S/c1-5-17-14(10-21-15-18-11-19-20-15)12-6-8-13(9-7-12)16(2,3)4/h6-9,11,14,17H,5,10H2,1-4H3,(H,18,19,20).